The standard InChI is InChI=1S/C14H27N3O2/c1-16(2)12-6-4-8-17(10-12)11-5-3-7-14(15,9-11)13(18)19/h11-12H,3-10,15H2,1-2H3,(H,18,19). The van der Waals surface area contributed by atoms with Crippen molar-refractivity contribution in [3.8, 4) is 0 Å². The Balaban J connectivity index is 1.99. The molecule has 1 heterocycles. The van der Waals surface area contributed by atoms with Crippen molar-refractivity contribution < 1.29 is 9.90 Å². The van der Waals surface area contributed by atoms with Gasteiger partial charge in [0.15, 0.2) is 0 Å². The van der Waals surface area contributed by atoms with Gasteiger partial charge in [-0.15, -0.1) is 0 Å². The molecular formula is C14H27N3O2. The highest BCUT2D eigenvalue weighted by molar-refractivity contribution is 5.78. The Hall–Kier alpha value is -0.650. The Morgan fingerprint density at radius 1 is 1.37 bits per heavy atom. The van der Waals surface area contributed by atoms with Crippen molar-refractivity contribution in [1.29, 1.82) is 0 Å². The summed E-state index contributed by atoms with van der Waals surface area (Å²) < 4.78 is 0. The van der Waals surface area contributed by atoms with Crippen LogP contribution in [-0.4, -0.2) is 65.7 Å². The molecule has 0 aromatic carbocycles. The molecule has 1 aliphatic heterocycles. The molecule has 0 spiro atoms. The van der Waals surface area contributed by atoms with Gasteiger partial charge in [-0.2, -0.15) is 0 Å². The number of carboxylic acid groups (broad SMARTS) is 1. The van der Waals surface area contributed by atoms with E-state index in [2.05, 4.69) is 23.9 Å². The van der Waals surface area contributed by atoms with Gasteiger partial charge in [-0.25, -0.2) is 0 Å². The van der Waals surface area contributed by atoms with Gasteiger partial charge in [0.1, 0.15) is 5.54 Å². The number of nitrogens with zero attached hydrogens (tertiary/aromatic N) is 2. The normalized spacial score (nSPS) is 37.5. The second kappa shape index (κ2) is 5.77. The predicted octanol–water partition coefficient (Wildman–Crippen LogP) is 0.737. The highest BCUT2D eigenvalue weighted by Crippen LogP contribution is 2.31. The maximum atomic E-state index is 11.3. The number of rotatable bonds is 3. The molecule has 110 valence electrons. The van der Waals surface area contributed by atoms with E-state index in [-0.39, 0.29) is 0 Å². The van der Waals surface area contributed by atoms with Crippen LogP contribution < -0.4 is 5.73 Å². The molecule has 1 saturated heterocycles. The van der Waals surface area contributed by atoms with E-state index < -0.39 is 11.5 Å². The number of carbonyl (C=O) groups is 1. The average Bonchev–Trinajstić information content (AvgIpc) is 2.39. The molecule has 5 nitrogen and oxygen atoms in total. The van der Waals surface area contributed by atoms with Gasteiger partial charge < -0.3 is 15.7 Å². The Kier molecular flexibility index (Phi) is 4.48. The topological polar surface area (TPSA) is 69.8 Å². The minimum atomic E-state index is -1.01. The van der Waals surface area contributed by atoms with Gasteiger partial charge in [0, 0.05) is 18.6 Å². The Morgan fingerprint density at radius 2 is 2.11 bits per heavy atom. The molecular weight excluding hydrogens is 242 g/mol. The molecule has 2 aliphatic rings. The SMILES string of the molecule is CN(C)C1CCCN(C2CCCC(N)(C(=O)O)C2)C1. The van der Waals surface area contributed by atoms with Crippen molar-refractivity contribution in [2.45, 2.75) is 56.1 Å². The van der Waals surface area contributed by atoms with Crippen LogP contribution in [0.25, 0.3) is 0 Å². The van der Waals surface area contributed by atoms with Crippen molar-refractivity contribution in [3.63, 3.8) is 0 Å². The molecule has 3 atom stereocenters. The van der Waals surface area contributed by atoms with Crippen molar-refractivity contribution in [1.82, 2.24) is 9.80 Å². The van der Waals surface area contributed by atoms with E-state index in [1.807, 2.05) is 0 Å². The van der Waals surface area contributed by atoms with E-state index in [4.69, 9.17) is 5.73 Å². The van der Waals surface area contributed by atoms with Gasteiger partial charge in [-0.05, 0) is 59.2 Å². The minimum absolute atomic E-state index is 0.345. The largest absolute Gasteiger partial charge is 0.480 e. The van der Waals surface area contributed by atoms with Crippen LogP contribution in [0.5, 0.6) is 0 Å². The smallest absolute Gasteiger partial charge is 0.323 e. The number of hydrogen-bond donors (Lipinski definition) is 2. The van der Waals surface area contributed by atoms with Crippen LogP contribution in [0.4, 0.5) is 0 Å². The first-order valence-electron chi connectivity index (χ1n) is 7.35. The zero-order chi connectivity index (χ0) is 14.0. The van der Waals surface area contributed by atoms with Crippen molar-refractivity contribution >= 4 is 5.97 Å². The van der Waals surface area contributed by atoms with E-state index >= 15 is 0 Å². The van der Waals surface area contributed by atoms with Crippen LogP contribution in [0.3, 0.4) is 0 Å². The fourth-order valence-electron chi connectivity index (χ4n) is 3.52. The summed E-state index contributed by atoms with van der Waals surface area (Å²) in [6.45, 7) is 2.14. The molecule has 0 aromatic rings. The zero-order valence-electron chi connectivity index (χ0n) is 12.1. The molecule has 1 aliphatic carbocycles. The number of hydrogen-bond acceptors (Lipinski definition) is 4. The monoisotopic (exact) mass is 269 g/mol. The van der Waals surface area contributed by atoms with E-state index in [0.717, 1.165) is 25.9 Å². The minimum Gasteiger partial charge on any atom is -0.480 e. The predicted molar refractivity (Wildman–Crippen MR) is 75.1 cm³/mol. The summed E-state index contributed by atoms with van der Waals surface area (Å²) in [6.07, 6.45) is 5.67. The fourth-order valence-corrected chi connectivity index (χ4v) is 3.52. The van der Waals surface area contributed by atoms with E-state index in [1.54, 1.807) is 0 Å². The Labute approximate surface area is 115 Å². The lowest BCUT2D eigenvalue weighted by Crippen LogP contribution is -2.58. The van der Waals surface area contributed by atoms with Crippen molar-refractivity contribution in [3.05, 3.63) is 0 Å². The van der Waals surface area contributed by atoms with Gasteiger partial charge in [0.25, 0.3) is 0 Å². The number of nitrogens with two attached hydrogens (primary N) is 1. The maximum Gasteiger partial charge on any atom is 0.323 e. The number of likely N-dealkylation sites (N-methyl/N-ethyl adjacent to an activating group) is 1. The molecule has 2 fully saturated rings. The van der Waals surface area contributed by atoms with Crippen molar-refractivity contribution in [2.75, 3.05) is 27.2 Å². The summed E-state index contributed by atoms with van der Waals surface area (Å²) in [7, 11) is 4.25. The molecule has 2 rings (SSSR count). The van der Waals surface area contributed by atoms with Crippen LogP contribution in [-0.2, 0) is 4.79 Å². The second-order valence-electron chi connectivity index (χ2n) is 6.47. The maximum absolute atomic E-state index is 11.3. The second-order valence-corrected chi connectivity index (χ2v) is 6.47. The van der Waals surface area contributed by atoms with Crippen LogP contribution >= 0.6 is 0 Å². The van der Waals surface area contributed by atoms with Crippen LogP contribution in [0.1, 0.15) is 38.5 Å². The molecule has 0 radical (unpaired) electrons. The lowest BCUT2D eigenvalue weighted by molar-refractivity contribution is -0.145. The molecule has 5 heteroatoms. The third-order valence-electron chi connectivity index (χ3n) is 4.86. The van der Waals surface area contributed by atoms with Crippen LogP contribution in [0.2, 0.25) is 0 Å². The molecule has 3 N–H and O–H groups in total. The first-order chi connectivity index (χ1) is 8.92. The molecule has 0 bridgehead atoms. The first kappa shape index (κ1) is 14.8. The van der Waals surface area contributed by atoms with E-state index in [9.17, 15) is 9.90 Å². The summed E-state index contributed by atoms with van der Waals surface area (Å²) in [5.41, 5.74) is 5.05. The first-order valence-corrected chi connectivity index (χ1v) is 7.35. The van der Waals surface area contributed by atoms with E-state index in [1.165, 1.54) is 12.8 Å². The molecule has 0 amide bonds. The third kappa shape index (κ3) is 3.27. The summed E-state index contributed by atoms with van der Waals surface area (Å²) >= 11 is 0. The van der Waals surface area contributed by atoms with Crippen LogP contribution in [0, 0.1) is 0 Å². The molecule has 3 unspecified atom stereocenters. The zero-order valence-corrected chi connectivity index (χ0v) is 12.1. The van der Waals surface area contributed by atoms with Gasteiger partial charge in [0.05, 0.1) is 0 Å². The van der Waals surface area contributed by atoms with Gasteiger partial charge >= 0.3 is 5.97 Å². The highest BCUT2D eigenvalue weighted by Gasteiger charge is 2.41. The highest BCUT2D eigenvalue weighted by atomic mass is 16.4. The van der Waals surface area contributed by atoms with Crippen molar-refractivity contribution in [2.24, 2.45) is 5.73 Å². The molecule has 19 heavy (non-hydrogen) atoms. The summed E-state index contributed by atoms with van der Waals surface area (Å²) in [5, 5.41) is 9.30. The van der Waals surface area contributed by atoms with Crippen LogP contribution in [0.15, 0.2) is 0 Å². The number of likely N-dealkylation sites (tertiary alicyclic amines) is 1. The number of piperidine rings is 1. The van der Waals surface area contributed by atoms with Gasteiger partial charge in [-0.1, -0.05) is 0 Å². The fraction of sp³-hybridized carbons (Fsp3) is 0.929. The summed E-state index contributed by atoms with van der Waals surface area (Å²) in [6, 6.07) is 0.935. The summed E-state index contributed by atoms with van der Waals surface area (Å²) in [5.74, 6) is -0.835. The Morgan fingerprint density at radius 3 is 2.74 bits per heavy atom. The lowest BCUT2D eigenvalue weighted by atomic mass is 9.78. The van der Waals surface area contributed by atoms with E-state index in [0.29, 0.717) is 24.9 Å². The quantitative estimate of drug-likeness (QED) is 0.791. The lowest BCUT2D eigenvalue weighted by Gasteiger charge is -2.45. The average molecular weight is 269 g/mol. The summed E-state index contributed by atoms with van der Waals surface area (Å²) in [4.78, 5) is 16.1. The van der Waals surface area contributed by atoms with Gasteiger partial charge in [-0.3, -0.25) is 9.69 Å². The molecule has 0 aromatic heterocycles. The third-order valence-corrected chi connectivity index (χ3v) is 4.86. The Bertz CT molecular complexity index is 335. The number of aliphatic carboxylic acids is 1. The van der Waals surface area contributed by atoms with Gasteiger partial charge in [0.2, 0.25) is 0 Å². The molecule has 1 saturated carbocycles. The number of carboxylic acids is 1.